The molecule has 0 amide bonds. The first kappa shape index (κ1) is 10.2. The fourth-order valence-corrected chi connectivity index (χ4v) is 0.458. The summed E-state index contributed by atoms with van der Waals surface area (Å²) in [6, 6.07) is 0. The lowest BCUT2D eigenvalue weighted by Gasteiger charge is -2.06. The van der Waals surface area contributed by atoms with Crippen LogP contribution in [0, 0.1) is 0 Å². The van der Waals surface area contributed by atoms with Gasteiger partial charge in [0.05, 0.1) is 0 Å². The lowest BCUT2D eigenvalue weighted by atomic mass is 10.4. The molecule has 0 aliphatic heterocycles. The second-order valence-corrected chi connectivity index (χ2v) is 1.84. The van der Waals surface area contributed by atoms with Crippen LogP contribution in [0.25, 0.3) is 0 Å². The zero-order valence-electron chi connectivity index (χ0n) is 6.00. The van der Waals surface area contributed by atoms with Crippen molar-refractivity contribution >= 4 is 23.8 Å². The first-order chi connectivity index (χ1) is 5.07. The molecule has 0 saturated heterocycles. The van der Waals surface area contributed by atoms with Gasteiger partial charge in [-0.3, -0.25) is 9.68 Å². The Morgan fingerprint density at radius 3 is 2.36 bits per heavy atom. The molecule has 6 heteroatoms. The molecule has 0 aliphatic carbocycles. The van der Waals surface area contributed by atoms with Crippen LogP contribution in [0.1, 0.15) is 13.8 Å². The molecule has 11 heavy (non-hydrogen) atoms. The van der Waals surface area contributed by atoms with Crippen molar-refractivity contribution in [3.63, 3.8) is 0 Å². The minimum atomic E-state index is -1.01. The number of esters is 1. The zero-order chi connectivity index (χ0) is 8.85. The topological polar surface area (TPSA) is 61.8 Å². The van der Waals surface area contributed by atoms with Gasteiger partial charge in [-0.1, -0.05) is 4.44 Å². The smallest absolute Gasteiger partial charge is 0.384 e. The average molecular weight is 183 g/mol. The van der Waals surface area contributed by atoms with Crippen LogP contribution in [-0.4, -0.2) is 18.0 Å². The van der Waals surface area contributed by atoms with E-state index in [0.717, 1.165) is 0 Å². The molecule has 0 N–H and O–H groups in total. The number of hydrogen-bond acceptors (Lipinski definition) is 5. The molecular weight excluding hydrogens is 176 g/mol. The molecule has 0 fully saturated rings. The molecule has 0 spiro atoms. The van der Waals surface area contributed by atoms with E-state index >= 15 is 0 Å². The molecule has 0 bridgehead atoms. The van der Waals surface area contributed by atoms with Crippen molar-refractivity contribution in [2.24, 2.45) is 0 Å². The molecule has 0 aromatic carbocycles. The van der Waals surface area contributed by atoms with Crippen LogP contribution in [0.3, 0.4) is 0 Å². The van der Waals surface area contributed by atoms with Crippen LogP contribution in [0.4, 0.5) is 0 Å². The van der Waals surface area contributed by atoms with Crippen molar-refractivity contribution in [1.29, 1.82) is 0 Å². The summed E-state index contributed by atoms with van der Waals surface area (Å²) in [6.07, 6.45) is -1.01. The summed E-state index contributed by atoms with van der Waals surface area (Å²) < 4.78 is 7.95. The van der Waals surface area contributed by atoms with Crippen molar-refractivity contribution in [2.75, 3.05) is 0 Å². The molecular formula is C5H7ClO5. The molecule has 0 rings (SSSR count). The van der Waals surface area contributed by atoms with E-state index in [-0.39, 0.29) is 0 Å². The maximum atomic E-state index is 10.6. The van der Waals surface area contributed by atoms with Gasteiger partial charge in [-0.25, -0.2) is 4.79 Å². The van der Waals surface area contributed by atoms with Gasteiger partial charge in [0.1, 0.15) is 11.9 Å². The predicted octanol–water partition coefficient (Wildman–Crippen LogP) is 0.567. The standard InChI is InChI=1S/C5H7ClO5/c1-3(9-4(2)7)5(8)10-11-6/h3H,1-2H3. The first-order valence-corrected chi connectivity index (χ1v) is 3.05. The Labute approximate surface area is 68.3 Å². The first-order valence-electron chi connectivity index (χ1n) is 2.74. The maximum Gasteiger partial charge on any atom is 0.384 e. The number of rotatable bonds is 3. The minimum Gasteiger partial charge on any atom is -0.451 e. The van der Waals surface area contributed by atoms with Gasteiger partial charge in [0.25, 0.3) is 0 Å². The fraction of sp³-hybridized carbons (Fsp3) is 0.600. The lowest BCUT2D eigenvalue weighted by Crippen LogP contribution is -2.24. The van der Waals surface area contributed by atoms with Crippen LogP contribution in [0.15, 0.2) is 0 Å². The fourth-order valence-electron chi connectivity index (χ4n) is 0.396. The van der Waals surface area contributed by atoms with Gasteiger partial charge >= 0.3 is 11.9 Å². The Hall–Kier alpha value is -0.810. The monoisotopic (exact) mass is 182 g/mol. The van der Waals surface area contributed by atoms with Gasteiger partial charge < -0.3 is 4.74 Å². The Balaban J connectivity index is 3.73. The molecule has 0 radical (unpaired) electrons. The van der Waals surface area contributed by atoms with Crippen molar-refractivity contribution in [3.05, 3.63) is 0 Å². The summed E-state index contributed by atoms with van der Waals surface area (Å²) in [7, 11) is 0. The number of carbonyl (C=O) groups excluding carboxylic acids is 2. The maximum absolute atomic E-state index is 10.6. The summed E-state index contributed by atoms with van der Waals surface area (Å²) in [5, 5.41) is 0. The largest absolute Gasteiger partial charge is 0.451 e. The number of carbonyl (C=O) groups is 2. The molecule has 0 aromatic heterocycles. The summed E-state index contributed by atoms with van der Waals surface area (Å²) >= 11 is 4.59. The summed E-state index contributed by atoms with van der Waals surface area (Å²) in [6.45, 7) is 2.50. The van der Waals surface area contributed by atoms with Gasteiger partial charge in [0, 0.05) is 6.92 Å². The number of hydrogen-bond donors (Lipinski definition) is 0. The normalized spacial score (nSPS) is 11.9. The van der Waals surface area contributed by atoms with Gasteiger partial charge in [0.15, 0.2) is 6.10 Å². The molecule has 0 heterocycles. The SMILES string of the molecule is CC(=O)OC(C)C(=O)OOCl. The third-order valence-corrected chi connectivity index (χ3v) is 0.851. The third-order valence-electron chi connectivity index (χ3n) is 0.788. The quantitative estimate of drug-likeness (QED) is 0.363. The van der Waals surface area contributed by atoms with Crippen LogP contribution in [-0.2, 0) is 23.7 Å². The lowest BCUT2D eigenvalue weighted by molar-refractivity contribution is -0.222. The van der Waals surface area contributed by atoms with Crippen LogP contribution < -0.4 is 0 Å². The summed E-state index contributed by atoms with van der Waals surface area (Å²) in [5.74, 6) is -1.45. The van der Waals surface area contributed by atoms with Gasteiger partial charge in [-0.05, 0) is 6.92 Å². The van der Waals surface area contributed by atoms with E-state index in [2.05, 4.69) is 25.9 Å². The second kappa shape index (κ2) is 4.92. The molecule has 1 atom stereocenters. The van der Waals surface area contributed by atoms with Gasteiger partial charge in [-0.2, -0.15) is 0 Å². The van der Waals surface area contributed by atoms with E-state index in [0.29, 0.717) is 0 Å². The van der Waals surface area contributed by atoms with E-state index in [1.807, 2.05) is 0 Å². The van der Waals surface area contributed by atoms with Crippen molar-refractivity contribution in [1.82, 2.24) is 0 Å². The highest BCUT2D eigenvalue weighted by Crippen LogP contribution is 1.96. The van der Waals surface area contributed by atoms with Crippen molar-refractivity contribution in [3.8, 4) is 0 Å². The zero-order valence-corrected chi connectivity index (χ0v) is 6.75. The van der Waals surface area contributed by atoms with Crippen LogP contribution in [0.2, 0.25) is 0 Å². The number of halogens is 1. The van der Waals surface area contributed by atoms with Gasteiger partial charge in [0.2, 0.25) is 0 Å². The van der Waals surface area contributed by atoms with Crippen molar-refractivity contribution in [2.45, 2.75) is 20.0 Å². The Kier molecular flexibility index (Phi) is 4.56. The van der Waals surface area contributed by atoms with E-state index in [4.69, 9.17) is 0 Å². The Bertz CT molecular complexity index is 157. The third kappa shape index (κ3) is 4.58. The second-order valence-electron chi connectivity index (χ2n) is 1.72. The van der Waals surface area contributed by atoms with Crippen LogP contribution >= 0.6 is 11.9 Å². The molecule has 1 unspecified atom stereocenters. The highest BCUT2D eigenvalue weighted by Gasteiger charge is 2.18. The van der Waals surface area contributed by atoms with E-state index in [1.54, 1.807) is 0 Å². The van der Waals surface area contributed by atoms with E-state index < -0.39 is 18.0 Å². The van der Waals surface area contributed by atoms with E-state index in [1.165, 1.54) is 13.8 Å². The molecule has 0 aliphatic rings. The van der Waals surface area contributed by atoms with Gasteiger partial charge in [-0.15, -0.1) is 0 Å². The predicted molar refractivity (Wildman–Crippen MR) is 34.3 cm³/mol. The highest BCUT2D eigenvalue weighted by molar-refractivity contribution is 6.07. The summed E-state index contributed by atoms with van der Waals surface area (Å²) in [4.78, 5) is 24.7. The molecule has 0 saturated carbocycles. The van der Waals surface area contributed by atoms with Crippen LogP contribution in [0.5, 0.6) is 0 Å². The van der Waals surface area contributed by atoms with Crippen molar-refractivity contribution < 1.29 is 23.7 Å². The molecule has 5 nitrogen and oxygen atoms in total. The Morgan fingerprint density at radius 1 is 1.45 bits per heavy atom. The highest BCUT2D eigenvalue weighted by atomic mass is 35.5. The summed E-state index contributed by atoms with van der Waals surface area (Å²) in [5.41, 5.74) is 0. The Morgan fingerprint density at radius 2 is 2.00 bits per heavy atom. The number of ether oxygens (including phenoxy) is 1. The van der Waals surface area contributed by atoms with E-state index in [9.17, 15) is 9.59 Å². The minimum absolute atomic E-state index is 0.580. The molecule has 64 valence electrons. The average Bonchev–Trinajstić information content (AvgIpc) is 1.86. The molecule has 0 aromatic rings.